The number of carbonyl (C=O) groups excluding carboxylic acids is 2. The average Bonchev–Trinajstić information content (AvgIpc) is 3.20. The van der Waals surface area contributed by atoms with E-state index in [1.807, 2.05) is 12.1 Å². The van der Waals surface area contributed by atoms with E-state index in [0.717, 1.165) is 18.5 Å². The molecule has 0 saturated carbocycles. The number of benzene rings is 2. The summed E-state index contributed by atoms with van der Waals surface area (Å²) in [5.74, 6) is 0.0677. The number of amides is 1. The molecule has 1 aliphatic rings. The minimum Gasteiger partial charge on any atom is -0.326 e. The van der Waals surface area contributed by atoms with E-state index in [2.05, 4.69) is 26.9 Å². The first-order valence-corrected chi connectivity index (χ1v) is 10.5. The van der Waals surface area contributed by atoms with Crippen LogP contribution in [0.15, 0.2) is 47.6 Å². The molecule has 29 heavy (non-hydrogen) atoms. The molecule has 0 bridgehead atoms. The summed E-state index contributed by atoms with van der Waals surface area (Å²) in [5, 5.41) is 15.4. The lowest BCUT2D eigenvalue weighted by molar-refractivity contribution is -0.114. The molecule has 1 N–H and O–H groups in total. The van der Waals surface area contributed by atoms with Crippen molar-refractivity contribution >= 4 is 29.1 Å². The Kier molecular flexibility index (Phi) is 5.71. The van der Waals surface area contributed by atoms with Crippen LogP contribution in [0.3, 0.4) is 0 Å². The first kappa shape index (κ1) is 19.3. The number of nitrogens with one attached hydrogen (secondary N) is 1. The fraction of sp³-hybridized carbons (Fsp3) is 0.286. The topological polar surface area (TPSA) is 89.8 Å². The van der Waals surface area contributed by atoms with E-state index >= 15 is 0 Å². The van der Waals surface area contributed by atoms with Gasteiger partial charge in [0.15, 0.2) is 5.78 Å². The van der Waals surface area contributed by atoms with Crippen LogP contribution in [0.4, 0.5) is 5.69 Å². The van der Waals surface area contributed by atoms with Crippen LogP contribution in [0.2, 0.25) is 0 Å². The van der Waals surface area contributed by atoms with Crippen LogP contribution in [0, 0.1) is 0 Å². The maximum absolute atomic E-state index is 12.6. The smallest absolute Gasteiger partial charge is 0.221 e. The van der Waals surface area contributed by atoms with E-state index in [0.29, 0.717) is 16.4 Å². The molecular formula is C21H21N5O2S. The zero-order valence-corrected chi connectivity index (χ0v) is 16.9. The fourth-order valence-corrected chi connectivity index (χ4v) is 4.31. The molecule has 0 spiro atoms. The lowest BCUT2D eigenvalue weighted by Gasteiger charge is -2.19. The molecule has 1 heterocycles. The van der Waals surface area contributed by atoms with Gasteiger partial charge in [-0.3, -0.25) is 9.59 Å². The van der Waals surface area contributed by atoms with Crippen LogP contribution >= 0.6 is 11.8 Å². The second-order valence-electron chi connectivity index (χ2n) is 6.97. The number of anilines is 1. The Morgan fingerprint density at radius 2 is 1.90 bits per heavy atom. The largest absolute Gasteiger partial charge is 0.326 e. The molecule has 3 aromatic rings. The normalized spacial score (nSPS) is 13.0. The first-order valence-electron chi connectivity index (χ1n) is 9.55. The molecule has 0 radical (unpaired) electrons. The predicted octanol–water partition coefficient (Wildman–Crippen LogP) is 3.47. The van der Waals surface area contributed by atoms with E-state index in [-0.39, 0.29) is 17.4 Å². The SMILES string of the molecule is CC(=O)Nc1ccc(C(=O)CSc2nnnn2-c2cccc3c2CCCC3)cc1. The average molecular weight is 407 g/mol. The minimum atomic E-state index is -0.144. The number of hydrogen-bond acceptors (Lipinski definition) is 6. The lowest BCUT2D eigenvalue weighted by atomic mass is 9.90. The van der Waals surface area contributed by atoms with Crippen LogP contribution < -0.4 is 5.32 Å². The molecule has 0 saturated heterocycles. The number of Topliss-reactive ketones (excluding diaryl/α,β-unsaturated/α-hetero) is 1. The summed E-state index contributed by atoms with van der Waals surface area (Å²) in [4.78, 5) is 23.7. The quantitative estimate of drug-likeness (QED) is 0.497. The lowest BCUT2D eigenvalue weighted by Crippen LogP contribution is -2.11. The van der Waals surface area contributed by atoms with Crippen molar-refractivity contribution in [1.29, 1.82) is 0 Å². The number of thioether (sulfide) groups is 1. The third kappa shape index (κ3) is 4.37. The van der Waals surface area contributed by atoms with Gasteiger partial charge in [-0.15, -0.1) is 5.10 Å². The Hall–Kier alpha value is -3.00. The second kappa shape index (κ2) is 8.57. The van der Waals surface area contributed by atoms with Crippen LogP contribution in [0.1, 0.15) is 41.3 Å². The third-order valence-electron chi connectivity index (χ3n) is 4.90. The molecule has 2 aromatic carbocycles. The number of carbonyl (C=O) groups is 2. The summed E-state index contributed by atoms with van der Waals surface area (Å²) >= 11 is 1.32. The number of rotatable bonds is 6. The van der Waals surface area contributed by atoms with Gasteiger partial charge in [-0.2, -0.15) is 4.68 Å². The molecule has 8 heteroatoms. The van der Waals surface area contributed by atoms with Crippen molar-refractivity contribution in [2.45, 2.75) is 37.8 Å². The van der Waals surface area contributed by atoms with Crippen molar-refractivity contribution in [2.24, 2.45) is 0 Å². The third-order valence-corrected chi connectivity index (χ3v) is 5.82. The Morgan fingerprint density at radius 3 is 2.69 bits per heavy atom. The van der Waals surface area contributed by atoms with Crippen molar-refractivity contribution in [3.63, 3.8) is 0 Å². The molecule has 1 aromatic heterocycles. The predicted molar refractivity (Wildman–Crippen MR) is 112 cm³/mol. The van der Waals surface area contributed by atoms with Gasteiger partial charge in [-0.25, -0.2) is 0 Å². The molecule has 7 nitrogen and oxygen atoms in total. The Morgan fingerprint density at radius 1 is 1.10 bits per heavy atom. The monoisotopic (exact) mass is 407 g/mol. The van der Waals surface area contributed by atoms with Gasteiger partial charge in [0.25, 0.3) is 0 Å². The molecule has 148 valence electrons. The van der Waals surface area contributed by atoms with Crippen LogP contribution in [0.25, 0.3) is 5.69 Å². The van der Waals surface area contributed by atoms with Crippen molar-refractivity contribution in [2.75, 3.05) is 11.1 Å². The van der Waals surface area contributed by atoms with E-state index in [4.69, 9.17) is 0 Å². The van der Waals surface area contributed by atoms with E-state index in [1.54, 1.807) is 28.9 Å². The van der Waals surface area contributed by atoms with Crippen LogP contribution in [0.5, 0.6) is 0 Å². The molecule has 0 fully saturated rings. The summed E-state index contributed by atoms with van der Waals surface area (Å²) < 4.78 is 1.74. The minimum absolute atomic E-state index is 0.0194. The highest BCUT2D eigenvalue weighted by molar-refractivity contribution is 7.99. The Labute approximate surface area is 172 Å². The van der Waals surface area contributed by atoms with Crippen molar-refractivity contribution < 1.29 is 9.59 Å². The number of tetrazole rings is 1. The summed E-state index contributed by atoms with van der Waals surface area (Å²) in [6.07, 6.45) is 4.49. The zero-order chi connectivity index (χ0) is 20.2. The summed E-state index contributed by atoms with van der Waals surface area (Å²) in [7, 11) is 0. The fourth-order valence-electron chi connectivity index (χ4n) is 3.54. The Bertz CT molecular complexity index is 1050. The van der Waals surface area contributed by atoms with Gasteiger partial charge in [0.2, 0.25) is 11.1 Å². The van der Waals surface area contributed by atoms with Gasteiger partial charge in [0.1, 0.15) is 0 Å². The van der Waals surface area contributed by atoms with Crippen molar-refractivity contribution in [3.05, 3.63) is 59.2 Å². The van der Waals surface area contributed by atoms with Gasteiger partial charge >= 0.3 is 0 Å². The van der Waals surface area contributed by atoms with E-state index in [1.165, 1.54) is 42.7 Å². The standard InChI is InChI=1S/C21H21N5O2S/c1-14(27)22-17-11-9-16(10-12-17)20(28)13-29-21-23-24-25-26(21)19-8-4-6-15-5-2-3-7-18(15)19/h4,6,8-12H,2-3,5,7,13H2,1H3,(H,22,27). The molecule has 4 rings (SSSR count). The zero-order valence-electron chi connectivity index (χ0n) is 16.1. The van der Waals surface area contributed by atoms with E-state index in [9.17, 15) is 9.59 Å². The van der Waals surface area contributed by atoms with Gasteiger partial charge < -0.3 is 5.32 Å². The molecule has 0 atom stereocenters. The number of aryl methyl sites for hydroxylation is 1. The molecule has 0 unspecified atom stereocenters. The molecule has 1 amide bonds. The van der Waals surface area contributed by atoms with Crippen molar-refractivity contribution in [1.82, 2.24) is 20.2 Å². The first-order chi connectivity index (χ1) is 14.1. The van der Waals surface area contributed by atoms with Crippen LogP contribution in [-0.2, 0) is 17.6 Å². The van der Waals surface area contributed by atoms with Gasteiger partial charge in [0, 0.05) is 18.2 Å². The van der Waals surface area contributed by atoms with Gasteiger partial charge in [-0.05, 0) is 77.6 Å². The maximum Gasteiger partial charge on any atom is 0.221 e. The van der Waals surface area contributed by atoms with Gasteiger partial charge in [0.05, 0.1) is 11.4 Å². The number of nitrogens with zero attached hydrogens (tertiary/aromatic N) is 4. The van der Waals surface area contributed by atoms with Gasteiger partial charge in [-0.1, -0.05) is 23.9 Å². The molecule has 0 aliphatic heterocycles. The molecule has 1 aliphatic carbocycles. The number of aromatic nitrogens is 4. The summed E-state index contributed by atoms with van der Waals surface area (Å²) in [6.45, 7) is 1.45. The summed E-state index contributed by atoms with van der Waals surface area (Å²) in [5.41, 5.74) is 4.91. The molecular weight excluding hydrogens is 386 g/mol. The highest BCUT2D eigenvalue weighted by Gasteiger charge is 2.18. The Balaban J connectivity index is 1.48. The van der Waals surface area contributed by atoms with Crippen molar-refractivity contribution in [3.8, 4) is 5.69 Å². The number of ketones is 1. The highest BCUT2D eigenvalue weighted by atomic mass is 32.2. The van der Waals surface area contributed by atoms with E-state index < -0.39 is 0 Å². The summed E-state index contributed by atoms with van der Waals surface area (Å²) in [6, 6.07) is 13.1. The second-order valence-corrected chi connectivity index (χ2v) is 7.91. The highest BCUT2D eigenvalue weighted by Crippen LogP contribution is 2.29. The number of fused-ring (bicyclic) bond motifs is 1. The number of hydrogen-bond donors (Lipinski definition) is 1. The van der Waals surface area contributed by atoms with Crippen LogP contribution in [-0.4, -0.2) is 37.7 Å². The maximum atomic E-state index is 12.6.